The minimum Gasteiger partial charge on any atom is -0.477 e. The monoisotopic (exact) mass is 244 g/mol. The van der Waals surface area contributed by atoms with Crippen molar-refractivity contribution < 1.29 is 9.90 Å². The summed E-state index contributed by atoms with van der Waals surface area (Å²) < 4.78 is 0. The van der Waals surface area contributed by atoms with Crippen molar-refractivity contribution in [2.24, 2.45) is 0 Å². The number of hydrogen-bond acceptors (Lipinski definition) is 5. The number of rotatable bonds is 3. The molecular weight excluding hydrogens is 232 g/mol. The highest BCUT2D eigenvalue weighted by Gasteiger charge is 2.15. The van der Waals surface area contributed by atoms with E-state index >= 15 is 0 Å². The van der Waals surface area contributed by atoms with Crippen molar-refractivity contribution in [1.82, 2.24) is 15.0 Å². The Labute approximate surface area is 104 Å². The first kappa shape index (κ1) is 12.0. The standard InChI is InChI=1S/C12H12N4O2/c1-7-10(12(17)18)11(13)16-9(15-7)6-8-4-2-3-5-14-8/h2-5H,6H2,1H3,(H,17,18)(H2,13,15,16). The second-order valence-electron chi connectivity index (χ2n) is 3.79. The van der Waals surface area contributed by atoms with Gasteiger partial charge in [-0.3, -0.25) is 4.98 Å². The molecular formula is C12H12N4O2. The molecule has 0 amide bonds. The molecule has 0 aliphatic carbocycles. The Morgan fingerprint density at radius 2 is 2.17 bits per heavy atom. The predicted octanol–water partition coefficient (Wildman–Crippen LogP) is 1.05. The van der Waals surface area contributed by atoms with E-state index in [9.17, 15) is 4.79 Å². The van der Waals surface area contributed by atoms with E-state index in [1.807, 2.05) is 18.2 Å². The lowest BCUT2D eigenvalue weighted by Crippen LogP contribution is -2.12. The van der Waals surface area contributed by atoms with Gasteiger partial charge in [-0.1, -0.05) is 6.07 Å². The van der Waals surface area contributed by atoms with E-state index in [1.54, 1.807) is 13.1 Å². The number of carbonyl (C=O) groups is 1. The zero-order valence-electron chi connectivity index (χ0n) is 9.79. The molecule has 0 saturated heterocycles. The van der Waals surface area contributed by atoms with Crippen LogP contribution in [-0.2, 0) is 6.42 Å². The molecule has 0 aliphatic rings. The summed E-state index contributed by atoms with van der Waals surface area (Å²) in [6.45, 7) is 1.60. The molecule has 0 fully saturated rings. The second kappa shape index (κ2) is 4.79. The number of nitrogens with zero attached hydrogens (tertiary/aromatic N) is 3. The molecule has 0 bridgehead atoms. The molecule has 2 heterocycles. The van der Waals surface area contributed by atoms with Crippen LogP contribution in [0.5, 0.6) is 0 Å². The van der Waals surface area contributed by atoms with Crippen molar-refractivity contribution >= 4 is 11.8 Å². The lowest BCUT2D eigenvalue weighted by atomic mass is 10.2. The summed E-state index contributed by atoms with van der Waals surface area (Å²) in [5, 5.41) is 8.95. The Kier molecular flexibility index (Phi) is 3.18. The van der Waals surface area contributed by atoms with Crippen LogP contribution in [-0.4, -0.2) is 26.0 Å². The smallest absolute Gasteiger partial charge is 0.341 e. The quantitative estimate of drug-likeness (QED) is 0.836. The van der Waals surface area contributed by atoms with Gasteiger partial charge in [-0.15, -0.1) is 0 Å². The summed E-state index contributed by atoms with van der Waals surface area (Å²) in [4.78, 5) is 23.2. The molecule has 0 aliphatic heterocycles. The molecule has 0 atom stereocenters. The first-order valence-corrected chi connectivity index (χ1v) is 5.34. The third kappa shape index (κ3) is 2.42. The first-order chi connectivity index (χ1) is 8.58. The molecule has 0 spiro atoms. The fourth-order valence-corrected chi connectivity index (χ4v) is 1.66. The Hall–Kier alpha value is -2.50. The second-order valence-corrected chi connectivity index (χ2v) is 3.79. The van der Waals surface area contributed by atoms with E-state index in [4.69, 9.17) is 10.8 Å². The van der Waals surface area contributed by atoms with E-state index < -0.39 is 5.97 Å². The number of aromatic nitrogens is 3. The fraction of sp³-hybridized carbons (Fsp3) is 0.167. The number of anilines is 1. The van der Waals surface area contributed by atoms with Crippen molar-refractivity contribution in [2.75, 3.05) is 5.73 Å². The van der Waals surface area contributed by atoms with Crippen LogP contribution < -0.4 is 5.73 Å². The van der Waals surface area contributed by atoms with Gasteiger partial charge in [-0.05, 0) is 19.1 Å². The number of carboxylic acid groups (broad SMARTS) is 1. The van der Waals surface area contributed by atoms with Crippen LogP contribution in [0.2, 0.25) is 0 Å². The summed E-state index contributed by atoms with van der Waals surface area (Å²) in [5.74, 6) is -0.663. The Bertz CT molecular complexity index is 561. The Balaban J connectivity index is 2.34. The zero-order valence-corrected chi connectivity index (χ0v) is 9.79. The molecule has 3 N–H and O–H groups in total. The van der Waals surface area contributed by atoms with Gasteiger partial charge in [0.15, 0.2) is 0 Å². The van der Waals surface area contributed by atoms with E-state index in [0.717, 1.165) is 5.69 Å². The van der Waals surface area contributed by atoms with Gasteiger partial charge in [0.2, 0.25) is 0 Å². The zero-order chi connectivity index (χ0) is 13.1. The van der Waals surface area contributed by atoms with Crippen LogP contribution >= 0.6 is 0 Å². The summed E-state index contributed by atoms with van der Waals surface area (Å²) >= 11 is 0. The van der Waals surface area contributed by atoms with Crippen LogP contribution in [0.15, 0.2) is 24.4 Å². The van der Waals surface area contributed by atoms with Crippen LogP contribution in [0, 0.1) is 6.92 Å². The normalized spacial score (nSPS) is 10.3. The van der Waals surface area contributed by atoms with Crippen molar-refractivity contribution in [2.45, 2.75) is 13.3 Å². The number of aromatic carboxylic acids is 1. The number of aryl methyl sites for hydroxylation is 1. The van der Waals surface area contributed by atoms with E-state index in [2.05, 4.69) is 15.0 Å². The summed E-state index contributed by atoms with van der Waals surface area (Å²) in [7, 11) is 0. The molecule has 2 rings (SSSR count). The van der Waals surface area contributed by atoms with Crippen LogP contribution in [0.4, 0.5) is 5.82 Å². The molecule has 0 aromatic carbocycles. The largest absolute Gasteiger partial charge is 0.477 e. The van der Waals surface area contributed by atoms with Gasteiger partial charge in [0, 0.05) is 11.9 Å². The van der Waals surface area contributed by atoms with Crippen molar-refractivity contribution in [1.29, 1.82) is 0 Å². The van der Waals surface area contributed by atoms with Gasteiger partial charge >= 0.3 is 5.97 Å². The molecule has 6 nitrogen and oxygen atoms in total. The number of pyridine rings is 1. The van der Waals surface area contributed by atoms with Gasteiger partial charge in [-0.25, -0.2) is 14.8 Å². The maximum Gasteiger partial charge on any atom is 0.341 e. The third-order valence-electron chi connectivity index (χ3n) is 2.44. The van der Waals surface area contributed by atoms with Crippen molar-refractivity contribution in [3.8, 4) is 0 Å². The average molecular weight is 244 g/mol. The maximum atomic E-state index is 10.9. The highest BCUT2D eigenvalue weighted by atomic mass is 16.4. The van der Waals surface area contributed by atoms with E-state index in [-0.39, 0.29) is 11.4 Å². The minimum absolute atomic E-state index is 0.0130. The topological polar surface area (TPSA) is 102 Å². The highest BCUT2D eigenvalue weighted by Crippen LogP contribution is 2.14. The minimum atomic E-state index is -1.12. The van der Waals surface area contributed by atoms with Crippen LogP contribution in [0.1, 0.15) is 27.6 Å². The van der Waals surface area contributed by atoms with Gasteiger partial charge in [-0.2, -0.15) is 0 Å². The molecule has 2 aromatic heterocycles. The third-order valence-corrected chi connectivity index (χ3v) is 2.44. The lowest BCUT2D eigenvalue weighted by molar-refractivity contribution is 0.0696. The summed E-state index contributed by atoms with van der Waals surface area (Å²) in [6.07, 6.45) is 2.10. The summed E-state index contributed by atoms with van der Waals surface area (Å²) in [6, 6.07) is 5.53. The maximum absolute atomic E-state index is 10.9. The van der Waals surface area contributed by atoms with Crippen LogP contribution in [0.25, 0.3) is 0 Å². The first-order valence-electron chi connectivity index (χ1n) is 5.34. The van der Waals surface area contributed by atoms with E-state index in [1.165, 1.54) is 0 Å². The molecule has 92 valence electrons. The molecule has 0 unspecified atom stereocenters. The SMILES string of the molecule is Cc1nc(Cc2ccccn2)nc(N)c1C(=O)O. The van der Waals surface area contributed by atoms with Crippen LogP contribution in [0.3, 0.4) is 0 Å². The van der Waals surface area contributed by atoms with E-state index in [0.29, 0.717) is 17.9 Å². The average Bonchev–Trinajstić information content (AvgIpc) is 2.28. The molecule has 0 saturated carbocycles. The van der Waals surface area contributed by atoms with Crippen molar-refractivity contribution in [3.05, 3.63) is 47.2 Å². The highest BCUT2D eigenvalue weighted by molar-refractivity contribution is 5.93. The number of nitrogen functional groups attached to an aromatic ring is 1. The van der Waals surface area contributed by atoms with Crippen molar-refractivity contribution in [3.63, 3.8) is 0 Å². The van der Waals surface area contributed by atoms with Gasteiger partial charge in [0.25, 0.3) is 0 Å². The fourth-order valence-electron chi connectivity index (χ4n) is 1.66. The Morgan fingerprint density at radius 1 is 1.39 bits per heavy atom. The number of hydrogen-bond donors (Lipinski definition) is 2. The molecule has 0 radical (unpaired) electrons. The molecule has 18 heavy (non-hydrogen) atoms. The number of nitrogens with two attached hydrogens (primary N) is 1. The van der Waals surface area contributed by atoms with Gasteiger partial charge in [0.05, 0.1) is 12.1 Å². The molecule has 2 aromatic rings. The molecule has 6 heteroatoms. The predicted molar refractivity (Wildman–Crippen MR) is 65.2 cm³/mol. The Morgan fingerprint density at radius 3 is 2.72 bits per heavy atom. The van der Waals surface area contributed by atoms with Gasteiger partial charge < -0.3 is 10.8 Å². The summed E-state index contributed by atoms with van der Waals surface area (Å²) in [5.41, 5.74) is 6.75. The lowest BCUT2D eigenvalue weighted by Gasteiger charge is -2.06. The number of carboxylic acids is 1. The van der Waals surface area contributed by atoms with Gasteiger partial charge in [0.1, 0.15) is 17.2 Å².